The van der Waals surface area contributed by atoms with Gasteiger partial charge >= 0.3 is 0 Å². The first kappa shape index (κ1) is 13.5. The van der Waals surface area contributed by atoms with Crippen molar-refractivity contribution in [3.63, 3.8) is 0 Å². The maximum Gasteiger partial charge on any atom is 0.111 e. The number of likely N-dealkylation sites (tertiary alicyclic amines) is 1. The van der Waals surface area contributed by atoms with E-state index < -0.39 is 0 Å². The number of pyridine rings is 1. The normalized spacial score (nSPS) is 19.0. The SMILES string of the molecule is Cc1ccc2nc([C@H]3CCN(Cc4ccccn4)C3)[nH]c2c1. The number of imidazole rings is 1. The number of fused-ring (bicyclic) bond motifs is 1. The van der Waals surface area contributed by atoms with Crippen LogP contribution in [0.2, 0.25) is 0 Å². The number of H-pyrrole nitrogens is 1. The summed E-state index contributed by atoms with van der Waals surface area (Å²) < 4.78 is 0. The molecule has 3 aromatic rings. The third-order valence-electron chi connectivity index (χ3n) is 4.43. The quantitative estimate of drug-likeness (QED) is 0.806. The van der Waals surface area contributed by atoms with E-state index in [0.29, 0.717) is 5.92 Å². The molecule has 0 unspecified atom stereocenters. The van der Waals surface area contributed by atoms with Crippen LogP contribution in [0.1, 0.15) is 29.4 Å². The van der Waals surface area contributed by atoms with Crippen molar-refractivity contribution in [2.24, 2.45) is 0 Å². The standard InChI is InChI=1S/C18H20N4/c1-13-5-6-16-17(10-13)21-18(20-16)14-7-9-22(11-14)12-15-4-2-3-8-19-15/h2-6,8,10,14H,7,9,11-12H2,1H3,(H,20,21)/t14-/m0/s1. The van der Waals surface area contributed by atoms with Crippen LogP contribution in [0.15, 0.2) is 42.6 Å². The highest BCUT2D eigenvalue weighted by atomic mass is 15.2. The van der Waals surface area contributed by atoms with Crippen LogP contribution in [0.5, 0.6) is 0 Å². The molecule has 0 radical (unpaired) electrons. The van der Waals surface area contributed by atoms with Crippen LogP contribution in [-0.4, -0.2) is 32.9 Å². The summed E-state index contributed by atoms with van der Waals surface area (Å²) >= 11 is 0. The molecule has 0 amide bonds. The summed E-state index contributed by atoms with van der Waals surface area (Å²) in [6, 6.07) is 12.5. The van der Waals surface area contributed by atoms with E-state index in [-0.39, 0.29) is 0 Å². The summed E-state index contributed by atoms with van der Waals surface area (Å²) in [7, 11) is 0. The second-order valence-electron chi connectivity index (χ2n) is 6.18. The molecule has 112 valence electrons. The van der Waals surface area contributed by atoms with Crippen molar-refractivity contribution in [1.82, 2.24) is 19.9 Å². The maximum absolute atomic E-state index is 4.78. The molecule has 0 saturated carbocycles. The average Bonchev–Trinajstić information content (AvgIpc) is 3.14. The minimum absolute atomic E-state index is 0.497. The predicted molar refractivity (Wildman–Crippen MR) is 87.7 cm³/mol. The monoisotopic (exact) mass is 292 g/mol. The lowest BCUT2D eigenvalue weighted by atomic mass is 10.1. The van der Waals surface area contributed by atoms with E-state index in [2.05, 4.69) is 52.1 Å². The number of benzene rings is 1. The number of rotatable bonds is 3. The zero-order valence-electron chi connectivity index (χ0n) is 12.8. The van der Waals surface area contributed by atoms with Crippen LogP contribution < -0.4 is 0 Å². The average molecular weight is 292 g/mol. The predicted octanol–water partition coefficient (Wildman–Crippen LogP) is 3.26. The van der Waals surface area contributed by atoms with Crippen LogP contribution in [0.3, 0.4) is 0 Å². The molecule has 4 heteroatoms. The lowest BCUT2D eigenvalue weighted by molar-refractivity contribution is 0.322. The molecule has 0 spiro atoms. The number of nitrogens with one attached hydrogen (secondary N) is 1. The van der Waals surface area contributed by atoms with Gasteiger partial charge in [0, 0.05) is 25.2 Å². The molecule has 2 aromatic heterocycles. The zero-order valence-corrected chi connectivity index (χ0v) is 12.8. The summed E-state index contributed by atoms with van der Waals surface area (Å²) in [5.41, 5.74) is 4.64. The fourth-order valence-electron chi connectivity index (χ4n) is 3.26. The molecule has 1 atom stereocenters. The molecule has 1 aliphatic rings. The van der Waals surface area contributed by atoms with Gasteiger partial charge in [-0.2, -0.15) is 0 Å². The van der Waals surface area contributed by atoms with Gasteiger partial charge in [-0.1, -0.05) is 12.1 Å². The first-order chi connectivity index (χ1) is 10.8. The highest BCUT2D eigenvalue weighted by Crippen LogP contribution is 2.27. The molecule has 4 rings (SSSR count). The van der Waals surface area contributed by atoms with E-state index in [1.54, 1.807) is 0 Å². The second kappa shape index (κ2) is 5.54. The van der Waals surface area contributed by atoms with Gasteiger partial charge in [0.25, 0.3) is 0 Å². The topological polar surface area (TPSA) is 44.8 Å². The summed E-state index contributed by atoms with van der Waals surface area (Å²) in [6.07, 6.45) is 3.02. The van der Waals surface area contributed by atoms with Crippen LogP contribution in [0.4, 0.5) is 0 Å². The summed E-state index contributed by atoms with van der Waals surface area (Å²) in [5.74, 6) is 1.63. The number of hydrogen-bond acceptors (Lipinski definition) is 3. The van der Waals surface area contributed by atoms with Crippen molar-refractivity contribution in [1.29, 1.82) is 0 Å². The number of aromatic amines is 1. The van der Waals surface area contributed by atoms with Crippen LogP contribution in [0, 0.1) is 6.92 Å². The Kier molecular flexibility index (Phi) is 3.39. The van der Waals surface area contributed by atoms with Crippen molar-refractivity contribution < 1.29 is 0 Å². The van der Waals surface area contributed by atoms with Crippen molar-refractivity contribution in [3.8, 4) is 0 Å². The molecular weight excluding hydrogens is 272 g/mol. The van der Waals surface area contributed by atoms with Gasteiger partial charge in [0.15, 0.2) is 0 Å². The lowest BCUT2D eigenvalue weighted by Crippen LogP contribution is -2.20. The second-order valence-corrected chi connectivity index (χ2v) is 6.18. The highest BCUT2D eigenvalue weighted by Gasteiger charge is 2.26. The largest absolute Gasteiger partial charge is 0.342 e. The number of aryl methyl sites for hydroxylation is 1. The third-order valence-corrected chi connectivity index (χ3v) is 4.43. The van der Waals surface area contributed by atoms with E-state index in [4.69, 9.17) is 4.98 Å². The van der Waals surface area contributed by atoms with Crippen LogP contribution in [0.25, 0.3) is 11.0 Å². The first-order valence-corrected chi connectivity index (χ1v) is 7.86. The lowest BCUT2D eigenvalue weighted by Gasteiger charge is -2.14. The fourth-order valence-corrected chi connectivity index (χ4v) is 3.26. The molecule has 0 aliphatic carbocycles. The van der Waals surface area contributed by atoms with Gasteiger partial charge in [-0.25, -0.2) is 4.98 Å². The molecule has 1 aliphatic heterocycles. The zero-order chi connectivity index (χ0) is 14.9. The number of hydrogen-bond donors (Lipinski definition) is 1. The molecule has 0 bridgehead atoms. The summed E-state index contributed by atoms with van der Waals surface area (Å²) in [4.78, 5) is 15.2. The van der Waals surface area contributed by atoms with Gasteiger partial charge < -0.3 is 4.98 Å². The van der Waals surface area contributed by atoms with Crippen LogP contribution >= 0.6 is 0 Å². The van der Waals surface area contributed by atoms with E-state index in [9.17, 15) is 0 Å². The number of aromatic nitrogens is 3. The van der Waals surface area contributed by atoms with E-state index >= 15 is 0 Å². The van der Waals surface area contributed by atoms with E-state index in [1.807, 2.05) is 12.3 Å². The van der Waals surface area contributed by atoms with E-state index in [1.165, 1.54) is 5.56 Å². The molecule has 1 fully saturated rings. The van der Waals surface area contributed by atoms with Gasteiger partial charge in [0.1, 0.15) is 5.82 Å². The van der Waals surface area contributed by atoms with Gasteiger partial charge in [0.05, 0.1) is 16.7 Å². The Morgan fingerprint density at radius 1 is 1.27 bits per heavy atom. The van der Waals surface area contributed by atoms with Crippen molar-refractivity contribution in [3.05, 3.63) is 59.7 Å². The third kappa shape index (κ3) is 2.62. The molecule has 1 N–H and O–H groups in total. The van der Waals surface area contributed by atoms with Crippen molar-refractivity contribution in [2.45, 2.75) is 25.8 Å². The Balaban J connectivity index is 1.49. The smallest absolute Gasteiger partial charge is 0.111 e. The molecule has 3 heterocycles. The maximum atomic E-state index is 4.78. The molecule has 4 nitrogen and oxygen atoms in total. The van der Waals surface area contributed by atoms with Crippen LogP contribution in [-0.2, 0) is 6.54 Å². The van der Waals surface area contributed by atoms with Crippen molar-refractivity contribution in [2.75, 3.05) is 13.1 Å². The molecule has 1 aromatic carbocycles. The first-order valence-electron chi connectivity index (χ1n) is 7.86. The Labute approximate surface area is 130 Å². The Hall–Kier alpha value is -2.20. The molecule has 22 heavy (non-hydrogen) atoms. The number of nitrogens with zero attached hydrogens (tertiary/aromatic N) is 3. The Morgan fingerprint density at radius 2 is 2.23 bits per heavy atom. The Bertz CT molecular complexity index is 778. The molecular formula is C18H20N4. The Morgan fingerprint density at radius 3 is 3.09 bits per heavy atom. The van der Waals surface area contributed by atoms with Gasteiger partial charge in [-0.3, -0.25) is 9.88 Å². The molecule has 1 saturated heterocycles. The summed E-state index contributed by atoms with van der Waals surface area (Å²) in [5, 5.41) is 0. The van der Waals surface area contributed by atoms with Gasteiger partial charge in [-0.05, 0) is 49.7 Å². The minimum Gasteiger partial charge on any atom is -0.342 e. The van der Waals surface area contributed by atoms with E-state index in [0.717, 1.165) is 48.6 Å². The summed E-state index contributed by atoms with van der Waals surface area (Å²) in [6.45, 7) is 5.20. The fraction of sp³-hybridized carbons (Fsp3) is 0.333. The highest BCUT2D eigenvalue weighted by molar-refractivity contribution is 5.75. The van der Waals surface area contributed by atoms with Gasteiger partial charge in [-0.15, -0.1) is 0 Å². The van der Waals surface area contributed by atoms with Crippen molar-refractivity contribution >= 4 is 11.0 Å². The van der Waals surface area contributed by atoms with Gasteiger partial charge in [0.2, 0.25) is 0 Å². The minimum atomic E-state index is 0.497.